The molecule has 0 aliphatic carbocycles. The minimum absolute atomic E-state index is 0.0564. The summed E-state index contributed by atoms with van der Waals surface area (Å²) in [5.41, 5.74) is 1.65. The summed E-state index contributed by atoms with van der Waals surface area (Å²) in [4.78, 5) is 18.8. The van der Waals surface area contributed by atoms with Gasteiger partial charge in [-0.2, -0.15) is 0 Å². The van der Waals surface area contributed by atoms with Gasteiger partial charge in [-0.1, -0.05) is 42.5 Å². The highest BCUT2D eigenvalue weighted by Gasteiger charge is 2.19. The van der Waals surface area contributed by atoms with Crippen molar-refractivity contribution in [2.45, 2.75) is 13.8 Å². The van der Waals surface area contributed by atoms with Gasteiger partial charge in [-0.25, -0.2) is 0 Å². The minimum atomic E-state index is -0.0564. The predicted molar refractivity (Wildman–Crippen MR) is 113 cm³/mol. The van der Waals surface area contributed by atoms with Gasteiger partial charge in [0.1, 0.15) is 0 Å². The summed E-state index contributed by atoms with van der Waals surface area (Å²) in [6.45, 7) is 10.1. The van der Waals surface area contributed by atoms with E-state index < -0.39 is 0 Å². The van der Waals surface area contributed by atoms with Gasteiger partial charge in [0.15, 0.2) is 11.5 Å². The molecule has 0 unspecified atom stereocenters. The summed E-state index contributed by atoms with van der Waals surface area (Å²) in [5.74, 6) is 0.787. The molecule has 0 spiro atoms. The first-order valence-electron chi connectivity index (χ1n) is 10.0. The van der Waals surface area contributed by atoms with Crippen LogP contribution in [0.2, 0.25) is 0 Å². The number of hydrogen-bond donors (Lipinski definition) is 0. The van der Waals surface area contributed by atoms with Crippen LogP contribution in [0.4, 0.5) is 5.82 Å². The molecule has 28 heavy (non-hydrogen) atoms. The number of carbonyl (C=O) groups is 1. The van der Waals surface area contributed by atoms with E-state index in [2.05, 4.69) is 56.4 Å². The standard InChI is InChI=1S/C22H29N5O/c1-3-26(4-2)22(28)20-12-13-21(24-23-20)27-17-15-25(16-18-27)14-8-11-19-9-6-5-7-10-19/h5-13H,3-4,14-18H2,1-2H3/b11-8+. The number of nitrogens with zero attached hydrogens (tertiary/aromatic N) is 5. The first kappa shape index (κ1) is 20.0. The van der Waals surface area contributed by atoms with Crippen LogP contribution in [0.5, 0.6) is 0 Å². The second-order valence-corrected chi connectivity index (χ2v) is 6.85. The molecule has 1 aliphatic heterocycles. The third-order valence-corrected chi connectivity index (χ3v) is 5.09. The second-order valence-electron chi connectivity index (χ2n) is 6.85. The minimum Gasteiger partial charge on any atom is -0.353 e. The Morgan fingerprint density at radius 2 is 1.71 bits per heavy atom. The summed E-state index contributed by atoms with van der Waals surface area (Å²) in [6.07, 6.45) is 4.39. The molecule has 2 aromatic rings. The van der Waals surface area contributed by atoms with Gasteiger partial charge in [0, 0.05) is 45.8 Å². The van der Waals surface area contributed by atoms with E-state index in [0.717, 1.165) is 38.5 Å². The Bertz CT molecular complexity index is 763. The molecule has 0 bridgehead atoms. The summed E-state index contributed by atoms with van der Waals surface area (Å²) in [7, 11) is 0. The van der Waals surface area contributed by atoms with Gasteiger partial charge < -0.3 is 9.80 Å². The van der Waals surface area contributed by atoms with E-state index in [1.165, 1.54) is 5.56 Å². The van der Waals surface area contributed by atoms with E-state index in [1.807, 2.05) is 26.0 Å². The third kappa shape index (κ3) is 5.16. The van der Waals surface area contributed by atoms with E-state index >= 15 is 0 Å². The van der Waals surface area contributed by atoms with Crippen LogP contribution in [0.3, 0.4) is 0 Å². The molecule has 1 saturated heterocycles. The second kappa shape index (κ2) is 9.99. The molecule has 0 atom stereocenters. The summed E-state index contributed by atoms with van der Waals surface area (Å²) in [5, 5.41) is 8.46. The molecular weight excluding hydrogens is 350 g/mol. The molecule has 0 N–H and O–H groups in total. The number of anilines is 1. The highest BCUT2D eigenvalue weighted by Crippen LogP contribution is 2.14. The van der Waals surface area contributed by atoms with E-state index in [0.29, 0.717) is 18.8 Å². The number of hydrogen-bond acceptors (Lipinski definition) is 5. The number of carbonyl (C=O) groups excluding carboxylic acids is 1. The van der Waals surface area contributed by atoms with Crippen LogP contribution in [-0.2, 0) is 0 Å². The third-order valence-electron chi connectivity index (χ3n) is 5.09. The van der Waals surface area contributed by atoms with Gasteiger partial charge in [-0.15, -0.1) is 10.2 Å². The number of rotatable bonds is 7. The maximum absolute atomic E-state index is 12.3. The molecule has 6 heteroatoms. The highest BCUT2D eigenvalue weighted by atomic mass is 16.2. The van der Waals surface area contributed by atoms with Crippen molar-refractivity contribution in [2.24, 2.45) is 0 Å². The molecule has 2 heterocycles. The summed E-state index contributed by atoms with van der Waals surface area (Å²) >= 11 is 0. The fourth-order valence-electron chi connectivity index (χ4n) is 3.34. The van der Waals surface area contributed by atoms with Crippen LogP contribution in [0.15, 0.2) is 48.5 Å². The van der Waals surface area contributed by atoms with Gasteiger partial charge in [-0.3, -0.25) is 9.69 Å². The highest BCUT2D eigenvalue weighted by molar-refractivity contribution is 5.92. The molecule has 1 aliphatic rings. The molecule has 3 rings (SSSR count). The van der Waals surface area contributed by atoms with Crippen LogP contribution in [0, 0.1) is 0 Å². The molecule has 0 radical (unpaired) electrons. The monoisotopic (exact) mass is 379 g/mol. The zero-order chi connectivity index (χ0) is 19.8. The Labute approximate surface area is 167 Å². The van der Waals surface area contributed by atoms with E-state index in [1.54, 1.807) is 11.0 Å². The van der Waals surface area contributed by atoms with Crippen molar-refractivity contribution >= 4 is 17.8 Å². The molecule has 1 amide bonds. The Morgan fingerprint density at radius 1 is 1.00 bits per heavy atom. The average Bonchev–Trinajstić information content (AvgIpc) is 2.76. The smallest absolute Gasteiger partial charge is 0.274 e. The van der Waals surface area contributed by atoms with Crippen molar-refractivity contribution in [3.05, 3.63) is 59.8 Å². The lowest BCUT2D eigenvalue weighted by Gasteiger charge is -2.34. The Kier molecular flexibility index (Phi) is 7.14. The average molecular weight is 380 g/mol. The fraction of sp³-hybridized carbons (Fsp3) is 0.409. The fourth-order valence-corrected chi connectivity index (χ4v) is 3.34. The lowest BCUT2D eigenvalue weighted by molar-refractivity contribution is 0.0766. The first-order chi connectivity index (χ1) is 13.7. The molecule has 148 valence electrons. The van der Waals surface area contributed by atoms with Crippen molar-refractivity contribution in [1.29, 1.82) is 0 Å². The number of piperazine rings is 1. The number of benzene rings is 1. The molecule has 1 fully saturated rings. The zero-order valence-electron chi connectivity index (χ0n) is 16.8. The maximum atomic E-state index is 12.3. The summed E-state index contributed by atoms with van der Waals surface area (Å²) < 4.78 is 0. The topological polar surface area (TPSA) is 52.6 Å². The maximum Gasteiger partial charge on any atom is 0.274 e. The molecule has 6 nitrogen and oxygen atoms in total. The number of aromatic nitrogens is 2. The van der Waals surface area contributed by atoms with Gasteiger partial charge in [0.25, 0.3) is 5.91 Å². The molecule has 1 aromatic carbocycles. The van der Waals surface area contributed by atoms with E-state index in [4.69, 9.17) is 0 Å². The van der Waals surface area contributed by atoms with Crippen molar-refractivity contribution in [3.8, 4) is 0 Å². The molecule has 0 saturated carbocycles. The first-order valence-corrected chi connectivity index (χ1v) is 10.0. The van der Waals surface area contributed by atoms with Crippen LogP contribution in [0.25, 0.3) is 6.08 Å². The van der Waals surface area contributed by atoms with Crippen molar-refractivity contribution in [1.82, 2.24) is 20.0 Å². The van der Waals surface area contributed by atoms with Crippen molar-refractivity contribution in [3.63, 3.8) is 0 Å². The Morgan fingerprint density at radius 3 is 2.32 bits per heavy atom. The van der Waals surface area contributed by atoms with Gasteiger partial charge in [-0.05, 0) is 31.5 Å². The largest absolute Gasteiger partial charge is 0.353 e. The van der Waals surface area contributed by atoms with Crippen LogP contribution in [0.1, 0.15) is 29.9 Å². The van der Waals surface area contributed by atoms with E-state index in [9.17, 15) is 4.79 Å². The lowest BCUT2D eigenvalue weighted by Crippen LogP contribution is -2.46. The van der Waals surface area contributed by atoms with Crippen LogP contribution >= 0.6 is 0 Å². The quantitative estimate of drug-likeness (QED) is 0.740. The van der Waals surface area contributed by atoms with Gasteiger partial charge in [0.2, 0.25) is 0 Å². The Balaban J connectivity index is 1.49. The van der Waals surface area contributed by atoms with E-state index in [-0.39, 0.29) is 5.91 Å². The van der Waals surface area contributed by atoms with Crippen LogP contribution in [-0.4, -0.2) is 71.7 Å². The SMILES string of the molecule is CCN(CC)C(=O)c1ccc(N2CCN(C/C=C/c3ccccc3)CC2)nn1. The summed E-state index contributed by atoms with van der Waals surface area (Å²) in [6, 6.07) is 14.1. The molecular formula is C22H29N5O. The normalized spacial score (nSPS) is 15.1. The zero-order valence-corrected chi connectivity index (χ0v) is 16.8. The Hall–Kier alpha value is -2.73. The van der Waals surface area contributed by atoms with Gasteiger partial charge in [0.05, 0.1) is 0 Å². The number of amides is 1. The predicted octanol–water partition coefficient (Wildman–Crippen LogP) is 2.79. The van der Waals surface area contributed by atoms with Crippen molar-refractivity contribution in [2.75, 3.05) is 50.7 Å². The van der Waals surface area contributed by atoms with Crippen molar-refractivity contribution < 1.29 is 4.79 Å². The van der Waals surface area contributed by atoms with Crippen LogP contribution < -0.4 is 4.90 Å². The van der Waals surface area contributed by atoms with Gasteiger partial charge >= 0.3 is 0 Å². The molecule has 1 aromatic heterocycles. The lowest BCUT2D eigenvalue weighted by atomic mass is 10.2.